The van der Waals surface area contributed by atoms with Crippen LogP contribution in [0.2, 0.25) is 0 Å². The lowest BCUT2D eigenvalue weighted by atomic mass is 9.79. The van der Waals surface area contributed by atoms with Crippen LogP contribution in [-0.2, 0) is 17.4 Å². The molecule has 0 radical (unpaired) electrons. The molecular formula is C31H38F3N3O3S. The lowest BCUT2D eigenvalue weighted by molar-refractivity contribution is -0.137. The maximum atomic E-state index is 12.9. The average molecular weight is 590 g/mol. The quantitative estimate of drug-likeness (QED) is 0.310. The van der Waals surface area contributed by atoms with Crippen molar-refractivity contribution in [1.82, 2.24) is 15.1 Å². The summed E-state index contributed by atoms with van der Waals surface area (Å²) in [5, 5.41) is 4.18. The Morgan fingerprint density at radius 3 is 2.20 bits per heavy atom. The first kappa shape index (κ1) is 30.7. The normalized spacial score (nSPS) is 17.1. The van der Waals surface area contributed by atoms with Gasteiger partial charge in [-0.2, -0.15) is 13.2 Å². The number of amides is 1. The third-order valence-electron chi connectivity index (χ3n) is 8.11. The Balaban J connectivity index is 1.16. The van der Waals surface area contributed by atoms with Gasteiger partial charge in [-0.25, -0.2) is 0 Å². The standard InChI is InChI=1S/C31H38F3N3O3S/c1-39-27-8-6-23(21-28(27)40-2)10-15-35-30(41)37-18-13-25(14-19-37)24-11-16-36(17-12-24)29(38)9-7-22-4-3-5-26(20-22)31(32,33)34/h3-9,20-21,24-25H,10-19H2,1-2H3,(H,35,41). The molecule has 2 aromatic carbocycles. The predicted octanol–water partition coefficient (Wildman–Crippen LogP) is 5.80. The van der Waals surface area contributed by atoms with E-state index in [-0.39, 0.29) is 5.91 Å². The Labute approximate surface area is 245 Å². The number of halogens is 3. The van der Waals surface area contributed by atoms with Gasteiger partial charge in [-0.1, -0.05) is 18.2 Å². The molecule has 2 heterocycles. The number of carbonyl (C=O) groups excluding carboxylic acids is 1. The molecule has 2 aromatic rings. The van der Waals surface area contributed by atoms with Crippen molar-refractivity contribution in [1.29, 1.82) is 0 Å². The maximum Gasteiger partial charge on any atom is 0.416 e. The number of hydrogen-bond donors (Lipinski definition) is 1. The molecule has 2 aliphatic rings. The van der Waals surface area contributed by atoms with Gasteiger partial charge in [0.1, 0.15) is 0 Å². The number of alkyl halides is 3. The number of nitrogens with one attached hydrogen (secondary N) is 1. The van der Waals surface area contributed by atoms with Crippen LogP contribution in [0.4, 0.5) is 13.2 Å². The highest BCUT2D eigenvalue weighted by Gasteiger charge is 2.32. The van der Waals surface area contributed by atoms with Crippen LogP contribution in [0.5, 0.6) is 11.5 Å². The van der Waals surface area contributed by atoms with E-state index in [1.807, 2.05) is 18.2 Å². The molecule has 0 aromatic heterocycles. The summed E-state index contributed by atoms with van der Waals surface area (Å²) >= 11 is 5.67. The van der Waals surface area contributed by atoms with Crippen LogP contribution in [0.3, 0.4) is 0 Å². The largest absolute Gasteiger partial charge is 0.493 e. The van der Waals surface area contributed by atoms with Crippen molar-refractivity contribution in [3.63, 3.8) is 0 Å². The van der Waals surface area contributed by atoms with Gasteiger partial charge >= 0.3 is 6.18 Å². The van der Waals surface area contributed by atoms with Crippen molar-refractivity contribution in [2.75, 3.05) is 46.9 Å². The fourth-order valence-electron chi connectivity index (χ4n) is 5.72. The third-order valence-corrected chi connectivity index (χ3v) is 8.52. The number of carbonyl (C=O) groups is 1. The van der Waals surface area contributed by atoms with Gasteiger partial charge in [0.25, 0.3) is 0 Å². The summed E-state index contributed by atoms with van der Waals surface area (Å²) in [5.74, 6) is 2.46. The van der Waals surface area contributed by atoms with Crippen LogP contribution >= 0.6 is 12.2 Å². The highest BCUT2D eigenvalue weighted by molar-refractivity contribution is 7.80. The zero-order chi connectivity index (χ0) is 29.4. The Morgan fingerprint density at radius 1 is 0.951 bits per heavy atom. The highest BCUT2D eigenvalue weighted by atomic mass is 32.1. The van der Waals surface area contributed by atoms with E-state index in [1.54, 1.807) is 25.2 Å². The van der Waals surface area contributed by atoms with Crippen molar-refractivity contribution in [3.8, 4) is 11.5 Å². The predicted molar refractivity (Wildman–Crippen MR) is 158 cm³/mol. The Kier molecular flexibility index (Phi) is 10.5. The highest BCUT2D eigenvalue weighted by Crippen LogP contribution is 2.33. The minimum atomic E-state index is -4.40. The summed E-state index contributed by atoms with van der Waals surface area (Å²) in [6.07, 6.45) is 3.31. The van der Waals surface area contributed by atoms with Crippen LogP contribution in [0.1, 0.15) is 42.4 Å². The molecule has 41 heavy (non-hydrogen) atoms. The van der Waals surface area contributed by atoms with Gasteiger partial charge in [-0.15, -0.1) is 0 Å². The zero-order valence-electron chi connectivity index (χ0n) is 23.6. The van der Waals surface area contributed by atoms with Crippen molar-refractivity contribution in [2.45, 2.75) is 38.3 Å². The number of rotatable bonds is 8. The van der Waals surface area contributed by atoms with Gasteiger partial charge in [0, 0.05) is 38.8 Å². The number of hydrogen-bond acceptors (Lipinski definition) is 4. The molecule has 0 bridgehead atoms. The second kappa shape index (κ2) is 14.1. The first-order valence-corrected chi connectivity index (χ1v) is 14.5. The van der Waals surface area contributed by atoms with Crippen molar-refractivity contribution < 1.29 is 27.4 Å². The van der Waals surface area contributed by atoms with E-state index in [9.17, 15) is 18.0 Å². The molecule has 1 N–H and O–H groups in total. The molecular weight excluding hydrogens is 551 g/mol. The first-order chi connectivity index (χ1) is 19.7. The molecule has 4 rings (SSSR count). The lowest BCUT2D eigenvalue weighted by Gasteiger charge is -2.40. The third kappa shape index (κ3) is 8.38. The SMILES string of the molecule is COc1ccc(CCNC(=S)N2CCC(C3CCN(C(=O)C=Cc4cccc(C(F)(F)F)c4)CC3)CC2)cc1OC. The number of ether oxygens (including phenoxy) is 2. The summed E-state index contributed by atoms with van der Waals surface area (Å²) in [7, 11) is 3.26. The van der Waals surface area contributed by atoms with E-state index in [4.69, 9.17) is 21.7 Å². The maximum absolute atomic E-state index is 12.9. The van der Waals surface area contributed by atoms with Gasteiger partial charge in [-0.3, -0.25) is 4.79 Å². The first-order valence-electron chi connectivity index (χ1n) is 14.1. The summed E-state index contributed by atoms with van der Waals surface area (Å²) in [6, 6.07) is 10.9. The molecule has 6 nitrogen and oxygen atoms in total. The number of piperidine rings is 2. The minimum Gasteiger partial charge on any atom is -0.493 e. The molecule has 222 valence electrons. The van der Waals surface area contributed by atoms with Gasteiger partial charge < -0.3 is 24.6 Å². The second-order valence-electron chi connectivity index (χ2n) is 10.6. The van der Waals surface area contributed by atoms with Gasteiger partial charge in [0.05, 0.1) is 19.8 Å². The molecule has 0 aliphatic carbocycles. The zero-order valence-corrected chi connectivity index (χ0v) is 24.4. The molecule has 2 fully saturated rings. The Morgan fingerprint density at radius 2 is 1.59 bits per heavy atom. The average Bonchev–Trinajstić information content (AvgIpc) is 2.99. The molecule has 0 unspecified atom stereocenters. The van der Waals surface area contributed by atoms with E-state index in [0.717, 1.165) is 80.3 Å². The van der Waals surface area contributed by atoms with Gasteiger partial charge in [-0.05, 0) is 97.6 Å². The van der Waals surface area contributed by atoms with Crippen LogP contribution in [0.25, 0.3) is 6.08 Å². The Bertz CT molecular complexity index is 1220. The molecule has 0 atom stereocenters. The van der Waals surface area contributed by atoms with Crippen LogP contribution in [-0.4, -0.2) is 67.8 Å². The molecule has 0 spiro atoms. The van der Waals surface area contributed by atoms with Crippen molar-refractivity contribution >= 4 is 29.3 Å². The number of methoxy groups -OCH3 is 2. The summed E-state index contributed by atoms with van der Waals surface area (Å²) < 4.78 is 49.5. The smallest absolute Gasteiger partial charge is 0.416 e. The fraction of sp³-hybridized carbons (Fsp3) is 0.484. The second-order valence-corrected chi connectivity index (χ2v) is 11.0. The minimum absolute atomic E-state index is 0.153. The van der Waals surface area contributed by atoms with E-state index >= 15 is 0 Å². The van der Waals surface area contributed by atoms with Crippen LogP contribution < -0.4 is 14.8 Å². The Hall–Kier alpha value is -3.27. The van der Waals surface area contributed by atoms with E-state index in [2.05, 4.69) is 10.2 Å². The number of benzene rings is 2. The molecule has 2 aliphatic heterocycles. The summed E-state index contributed by atoms with van der Waals surface area (Å²) in [4.78, 5) is 16.7. The summed E-state index contributed by atoms with van der Waals surface area (Å²) in [6.45, 7) is 3.93. The van der Waals surface area contributed by atoms with Gasteiger partial charge in [0.2, 0.25) is 5.91 Å². The topological polar surface area (TPSA) is 54.0 Å². The fourth-order valence-corrected chi connectivity index (χ4v) is 6.00. The monoisotopic (exact) mass is 589 g/mol. The molecule has 10 heteroatoms. The lowest BCUT2D eigenvalue weighted by Crippen LogP contribution is -2.47. The van der Waals surface area contributed by atoms with Crippen LogP contribution in [0, 0.1) is 11.8 Å². The number of thiocarbonyl (C=S) groups is 1. The molecule has 1 amide bonds. The molecule has 2 saturated heterocycles. The van der Waals surface area contributed by atoms with Crippen molar-refractivity contribution in [3.05, 3.63) is 65.2 Å². The summed E-state index contributed by atoms with van der Waals surface area (Å²) in [5.41, 5.74) is 0.793. The van der Waals surface area contributed by atoms with E-state index in [1.165, 1.54) is 18.2 Å². The number of nitrogens with zero attached hydrogens (tertiary/aromatic N) is 2. The molecule has 0 saturated carbocycles. The van der Waals surface area contributed by atoms with Crippen molar-refractivity contribution in [2.24, 2.45) is 11.8 Å². The number of likely N-dealkylation sites (tertiary alicyclic amines) is 2. The van der Waals surface area contributed by atoms with E-state index < -0.39 is 11.7 Å². The van der Waals surface area contributed by atoms with E-state index in [0.29, 0.717) is 36.2 Å². The van der Waals surface area contributed by atoms with Gasteiger partial charge in [0.15, 0.2) is 16.6 Å². The van der Waals surface area contributed by atoms with Crippen LogP contribution in [0.15, 0.2) is 48.5 Å².